The van der Waals surface area contributed by atoms with E-state index in [1.807, 2.05) is 7.05 Å². The van der Waals surface area contributed by atoms with Crippen LogP contribution in [-0.2, 0) is 4.79 Å². The number of carbonyl (C=O) groups excluding carboxylic acids is 1. The number of rotatable bonds is 5. The quantitative estimate of drug-likeness (QED) is 0.643. The van der Waals surface area contributed by atoms with Crippen molar-refractivity contribution < 1.29 is 9.90 Å². The van der Waals surface area contributed by atoms with Crippen LogP contribution >= 0.6 is 0 Å². The van der Waals surface area contributed by atoms with Gasteiger partial charge in [0.05, 0.1) is 13.2 Å². The van der Waals surface area contributed by atoms with E-state index in [9.17, 15) is 4.79 Å². The van der Waals surface area contributed by atoms with E-state index in [0.29, 0.717) is 19.1 Å². The van der Waals surface area contributed by atoms with Crippen molar-refractivity contribution in [2.45, 2.75) is 18.9 Å². The van der Waals surface area contributed by atoms with Gasteiger partial charge in [-0.2, -0.15) is 0 Å². The Bertz CT molecular complexity index is 223. The van der Waals surface area contributed by atoms with Crippen molar-refractivity contribution >= 4 is 5.91 Å². The van der Waals surface area contributed by atoms with Crippen LogP contribution in [0.15, 0.2) is 0 Å². The molecule has 94 valence electrons. The van der Waals surface area contributed by atoms with Crippen LogP contribution < -0.4 is 5.32 Å². The van der Waals surface area contributed by atoms with E-state index in [0.717, 1.165) is 19.5 Å². The molecule has 0 aliphatic carbocycles. The van der Waals surface area contributed by atoms with Gasteiger partial charge in [0.2, 0.25) is 5.91 Å². The van der Waals surface area contributed by atoms with E-state index in [1.54, 1.807) is 0 Å². The van der Waals surface area contributed by atoms with Crippen LogP contribution in [0.3, 0.4) is 0 Å². The lowest BCUT2D eigenvalue weighted by atomic mass is 10.1. The number of hydrogen-bond acceptors (Lipinski definition) is 4. The Labute approximate surface area is 97.4 Å². The molecule has 0 aromatic rings. The second-order valence-corrected chi connectivity index (χ2v) is 4.55. The Kier molecular flexibility index (Phi) is 5.73. The molecule has 1 aliphatic heterocycles. The lowest BCUT2D eigenvalue weighted by Gasteiger charge is -2.35. The zero-order valence-electron chi connectivity index (χ0n) is 10.3. The molecule has 5 heteroatoms. The first-order chi connectivity index (χ1) is 7.63. The van der Waals surface area contributed by atoms with Crippen LogP contribution in [0.5, 0.6) is 0 Å². The minimum atomic E-state index is -0.00947. The number of nitrogens with one attached hydrogen (secondary N) is 1. The number of likely N-dealkylation sites (N-methyl/N-ethyl adjacent to an activating group) is 2. The Balaban J connectivity index is 2.27. The number of aliphatic hydroxyl groups excluding tert-OH is 1. The van der Waals surface area contributed by atoms with Gasteiger partial charge in [-0.3, -0.25) is 9.69 Å². The van der Waals surface area contributed by atoms with Crippen molar-refractivity contribution in [2.75, 3.05) is 46.9 Å². The molecule has 1 saturated heterocycles. The summed E-state index contributed by atoms with van der Waals surface area (Å²) in [6.45, 7) is 2.95. The molecule has 2 N–H and O–H groups in total. The minimum absolute atomic E-state index is 0.00161. The van der Waals surface area contributed by atoms with Crippen LogP contribution in [-0.4, -0.2) is 73.7 Å². The van der Waals surface area contributed by atoms with Crippen molar-refractivity contribution in [3.63, 3.8) is 0 Å². The second-order valence-electron chi connectivity index (χ2n) is 4.55. The number of likely N-dealkylation sites (tertiary alicyclic amines) is 1. The van der Waals surface area contributed by atoms with E-state index < -0.39 is 0 Å². The predicted molar refractivity (Wildman–Crippen MR) is 63.2 cm³/mol. The van der Waals surface area contributed by atoms with E-state index >= 15 is 0 Å². The van der Waals surface area contributed by atoms with Crippen LogP contribution in [0.1, 0.15) is 12.8 Å². The molecular formula is C11H23N3O2. The highest BCUT2D eigenvalue weighted by atomic mass is 16.3. The topological polar surface area (TPSA) is 55.8 Å². The Morgan fingerprint density at radius 2 is 2.38 bits per heavy atom. The number of hydrogen-bond donors (Lipinski definition) is 2. The minimum Gasteiger partial charge on any atom is -0.395 e. The van der Waals surface area contributed by atoms with E-state index in [1.165, 1.54) is 6.42 Å². The third kappa shape index (κ3) is 4.47. The largest absolute Gasteiger partial charge is 0.395 e. The molecule has 1 atom stereocenters. The molecule has 1 amide bonds. The van der Waals surface area contributed by atoms with Crippen LogP contribution in [0, 0.1) is 0 Å². The third-order valence-corrected chi connectivity index (χ3v) is 3.05. The van der Waals surface area contributed by atoms with Crippen LogP contribution in [0.2, 0.25) is 0 Å². The maximum absolute atomic E-state index is 11.5. The molecule has 1 heterocycles. The highest BCUT2D eigenvalue weighted by Crippen LogP contribution is 2.12. The molecule has 0 spiro atoms. The van der Waals surface area contributed by atoms with Crippen LogP contribution in [0.25, 0.3) is 0 Å². The highest BCUT2D eigenvalue weighted by molar-refractivity contribution is 5.77. The fourth-order valence-corrected chi connectivity index (χ4v) is 2.11. The second kappa shape index (κ2) is 6.83. The standard InChI is InChI=1S/C11H23N3O2/c1-13-6-3-4-10(8-13)14(2)9-11(16)12-5-7-15/h10,15H,3-9H2,1-2H3,(H,12,16). The van der Waals surface area contributed by atoms with Gasteiger partial charge in [-0.05, 0) is 33.5 Å². The summed E-state index contributed by atoms with van der Waals surface area (Å²) in [5, 5.41) is 11.3. The smallest absolute Gasteiger partial charge is 0.234 e. The number of nitrogens with zero attached hydrogens (tertiary/aromatic N) is 2. The summed E-state index contributed by atoms with van der Waals surface area (Å²) in [4.78, 5) is 15.9. The van der Waals surface area contributed by atoms with Gasteiger partial charge >= 0.3 is 0 Å². The summed E-state index contributed by atoms with van der Waals surface area (Å²) in [6.07, 6.45) is 2.36. The molecule has 1 unspecified atom stereocenters. The Morgan fingerprint density at radius 3 is 3.00 bits per heavy atom. The number of piperidine rings is 1. The first-order valence-corrected chi connectivity index (χ1v) is 5.90. The van der Waals surface area contributed by atoms with Gasteiger partial charge in [-0.25, -0.2) is 0 Å². The summed E-state index contributed by atoms with van der Waals surface area (Å²) in [7, 11) is 4.11. The molecular weight excluding hydrogens is 206 g/mol. The van der Waals surface area contributed by atoms with Gasteiger partial charge in [0, 0.05) is 19.1 Å². The molecule has 1 rings (SSSR count). The molecule has 5 nitrogen and oxygen atoms in total. The zero-order chi connectivity index (χ0) is 12.0. The van der Waals surface area contributed by atoms with Gasteiger partial charge in [0.1, 0.15) is 0 Å². The van der Waals surface area contributed by atoms with Gasteiger partial charge < -0.3 is 15.3 Å². The molecule has 0 bridgehead atoms. The van der Waals surface area contributed by atoms with Gasteiger partial charge in [0.15, 0.2) is 0 Å². The number of aliphatic hydroxyl groups is 1. The van der Waals surface area contributed by atoms with Gasteiger partial charge in [-0.15, -0.1) is 0 Å². The molecule has 1 aliphatic rings. The van der Waals surface area contributed by atoms with E-state index in [-0.39, 0.29) is 12.5 Å². The summed E-state index contributed by atoms with van der Waals surface area (Å²) in [5.74, 6) is -0.00947. The monoisotopic (exact) mass is 229 g/mol. The zero-order valence-corrected chi connectivity index (χ0v) is 10.3. The SMILES string of the molecule is CN1CCCC(N(C)CC(=O)NCCO)C1. The lowest BCUT2D eigenvalue weighted by molar-refractivity contribution is -0.122. The fraction of sp³-hybridized carbons (Fsp3) is 0.909. The molecule has 0 saturated carbocycles. The molecule has 16 heavy (non-hydrogen) atoms. The number of carbonyl (C=O) groups is 1. The van der Waals surface area contributed by atoms with Crippen molar-refractivity contribution in [1.82, 2.24) is 15.1 Å². The first kappa shape index (κ1) is 13.4. The lowest BCUT2D eigenvalue weighted by Crippen LogP contribution is -2.48. The van der Waals surface area contributed by atoms with Crippen molar-refractivity contribution in [3.05, 3.63) is 0 Å². The number of amides is 1. The summed E-state index contributed by atoms with van der Waals surface area (Å²) < 4.78 is 0. The third-order valence-electron chi connectivity index (χ3n) is 3.05. The summed E-state index contributed by atoms with van der Waals surface area (Å²) in [5.41, 5.74) is 0. The van der Waals surface area contributed by atoms with Gasteiger partial charge in [-0.1, -0.05) is 0 Å². The maximum Gasteiger partial charge on any atom is 0.234 e. The van der Waals surface area contributed by atoms with Crippen molar-refractivity contribution in [2.24, 2.45) is 0 Å². The van der Waals surface area contributed by atoms with Crippen molar-refractivity contribution in [3.8, 4) is 0 Å². The normalized spacial score (nSPS) is 22.4. The molecule has 0 radical (unpaired) electrons. The average molecular weight is 229 g/mol. The Morgan fingerprint density at radius 1 is 1.62 bits per heavy atom. The van der Waals surface area contributed by atoms with Gasteiger partial charge in [0.25, 0.3) is 0 Å². The maximum atomic E-state index is 11.5. The fourth-order valence-electron chi connectivity index (χ4n) is 2.11. The Hall–Kier alpha value is -0.650. The van der Waals surface area contributed by atoms with Crippen LogP contribution in [0.4, 0.5) is 0 Å². The van der Waals surface area contributed by atoms with Crippen molar-refractivity contribution in [1.29, 1.82) is 0 Å². The van der Waals surface area contributed by atoms with E-state index in [4.69, 9.17) is 5.11 Å². The highest BCUT2D eigenvalue weighted by Gasteiger charge is 2.22. The van der Waals surface area contributed by atoms with E-state index in [2.05, 4.69) is 22.2 Å². The molecule has 0 aromatic carbocycles. The summed E-state index contributed by atoms with van der Waals surface area (Å²) >= 11 is 0. The first-order valence-electron chi connectivity index (χ1n) is 5.90. The average Bonchev–Trinajstić information content (AvgIpc) is 2.26. The molecule has 0 aromatic heterocycles. The molecule has 1 fully saturated rings. The summed E-state index contributed by atoms with van der Waals surface area (Å²) in [6, 6.07) is 0.471. The predicted octanol–water partition coefficient (Wildman–Crippen LogP) is -0.879.